The number of hydrogen-bond donors (Lipinski definition) is 1. The zero-order chi connectivity index (χ0) is 26.9. The molecule has 5 rings (SSSR count). The predicted molar refractivity (Wildman–Crippen MR) is 139 cm³/mol. The lowest BCUT2D eigenvalue weighted by Gasteiger charge is -2.41. The molecule has 15 heteroatoms. The minimum atomic E-state index is -3.75. The average Bonchev–Trinajstić information content (AvgIpc) is 3.46. The number of amides is 1. The molecule has 0 bridgehead atoms. The van der Waals surface area contributed by atoms with Crippen LogP contribution >= 0.6 is 11.6 Å². The first-order valence-corrected chi connectivity index (χ1v) is 13.6. The monoisotopic (exact) mass is 562 g/mol. The van der Waals surface area contributed by atoms with Gasteiger partial charge < -0.3 is 19.7 Å². The first-order chi connectivity index (χ1) is 18.2. The number of hydrogen-bond acceptors (Lipinski definition) is 9. The number of piperazine rings is 1. The van der Waals surface area contributed by atoms with Crippen molar-refractivity contribution < 1.29 is 22.7 Å². The molecule has 1 amide bonds. The van der Waals surface area contributed by atoms with Gasteiger partial charge in [-0.05, 0) is 12.1 Å². The number of halogens is 1. The van der Waals surface area contributed by atoms with Gasteiger partial charge in [0, 0.05) is 52.2 Å². The van der Waals surface area contributed by atoms with Crippen molar-refractivity contribution in [3.63, 3.8) is 0 Å². The lowest BCUT2D eigenvalue weighted by molar-refractivity contribution is -0.123. The molecule has 1 saturated heterocycles. The van der Waals surface area contributed by atoms with Gasteiger partial charge in [-0.25, -0.2) is 9.97 Å². The molecule has 13 nitrogen and oxygen atoms in total. The number of para-hydroxylation sites is 2. The second kappa shape index (κ2) is 10.7. The minimum Gasteiger partial charge on any atom is -0.486 e. The van der Waals surface area contributed by atoms with Gasteiger partial charge in [-0.3, -0.25) is 9.36 Å². The number of benzene rings is 1. The van der Waals surface area contributed by atoms with Crippen molar-refractivity contribution in [3.05, 3.63) is 54.2 Å². The Kier molecular flexibility index (Phi) is 7.38. The fourth-order valence-corrected chi connectivity index (χ4v) is 5.50. The van der Waals surface area contributed by atoms with Gasteiger partial charge >= 0.3 is 0 Å². The summed E-state index contributed by atoms with van der Waals surface area (Å²) in [5.74, 6) is 1.53. The quantitative estimate of drug-likeness (QED) is 0.410. The maximum absolute atomic E-state index is 13.5. The summed E-state index contributed by atoms with van der Waals surface area (Å²) >= 11 is 6.30. The van der Waals surface area contributed by atoms with Crippen LogP contribution in [0.2, 0.25) is 5.15 Å². The van der Waals surface area contributed by atoms with Crippen molar-refractivity contribution in [2.75, 3.05) is 51.8 Å². The highest BCUT2D eigenvalue weighted by Gasteiger charge is 2.39. The molecule has 2 aliphatic heterocycles. The summed E-state index contributed by atoms with van der Waals surface area (Å²) in [4.78, 5) is 28.1. The van der Waals surface area contributed by atoms with E-state index in [4.69, 9.17) is 21.1 Å². The van der Waals surface area contributed by atoms with Crippen LogP contribution in [0.25, 0.3) is 5.95 Å². The Labute approximate surface area is 225 Å². The zero-order valence-corrected chi connectivity index (χ0v) is 22.3. The molecule has 2 aromatic heterocycles. The van der Waals surface area contributed by atoms with Crippen LogP contribution < -0.4 is 19.7 Å². The molecule has 2 aliphatic rings. The highest BCUT2D eigenvalue weighted by molar-refractivity contribution is 7.86. The third kappa shape index (κ3) is 5.38. The highest BCUT2D eigenvalue weighted by Crippen LogP contribution is 2.31. The maximum Gasteiger partial charge on any atom is 0.281 e. The van der Waals surface area contributed by atoms with Gasteiger partial charge in [-0.15, -0.1) is 0 Å². The largest absolute Gasteiger partial charge is 0.486 e. The average molecular weight is 563 g/mol. The van der Waals surface area contributed by atoms with E-state index in [0.717, 1.165) is 4.31 Å². The van der Waals surface area contributed by atoms with E-state index in [1.165, 1.54) is 24.7 Å². The summed E-state index contributed by atoms with van der Waals surface area (Å²) < 4.78 is 41.5. The molecule has 4 heterocycles. The highest BCUT2D eigenvalue weighted by atomic mass is 35.5. The number of rotatable bonds is 7. The Balaban J connectivity index is 1.38. The second-order valence-corrected chi connectivity index (χ2v) is 11.4. The van der Waals surface area contributed by atoms with Crippen LogP contribution in [0.3, 0.4) is 0 Å². The fourth-order valence-electron chi connectivity index (χ4n) is 4.23. The molecule has 202 valence electrons. The van der Waals surface area contributed by atoms with Crippen LogP contribution in [-0.4, -0.2) is 101 Å². The Bertz CT molecular complexity index is 1400. The van der Waals surface area contributed by atoms with Crippen molar-refractivity contribution in [2.24, 2.45) is 0 Å². The van der Waals surface area contributed by atoms with E-state index in [1.807, 2.05) is 18.2 Å². The van der Waals surface area contributed by atoms with Crippen molar-refractivity contribution in [2.45, 2.75) is 12.1 Å². The third-order valence-electron chi connectivity index (χ3n) is 6.20. The molecule has 3 aromatic rings. The summed E-state index contributed by atoms with van der Waals surface area (Å²) in [5.41, 5.74) is 0. The van der Waals surface area contributed by atoms with Crippen molar-refractivity contribution in [1.82, 2.24) is 33.4 Å². The molecule has 0 radical (unpaired) electrons. The topological polar surface area (TPSA) is 135 Å². The molecule has 2 unspecified atom stereocenters. The summed E-state index contributed by atoms with van der Waals surface area (Å²) in [7, 11) is -0.839. The number of carbonyl (C=O) groups excluding carboxylic acids is 1. The number of carbonyl (C=O) groups is 1. The molecule has 0 aliphatic carbocycles. The Hall–Kier alpha value is -3.46. The van der Waals surface area contributed by atoms with E-state index in [2.05, 4.69) is 20.3 Å². The van der Waals surface area contributed by atoms with Crippen LogP contribution in [0, 0.1) is 0 Å². The van der Waals surface area contributed by atoms with Crippen molar-refractivity contribution >= 4 is 33.5 Å². The zero-order valence-electron chi connectivity index (χ0n) is 20.8. The standard InChI is InChI=1S/C23H27ClN8O5S/c1-29(2)38(34,35)31-9-10-32(21-11-20(24)27-23(28-21)30-8-7-25-15-30)17(13-31)22(33)26-12-16-14-36-18-5-3-4-6-19(18)37-16/h3-8,11,15-17H,9-10,12-14H2,1-2H3,(H,26,33). The molecule has 0 saturated carbocycles. The summed E-state index contributed by atoms with van der Waals surface area (Å²) in [6.45, 7) is 0.714. The van der Waals surface area contributed by atoms with Crippen molar-refractivity contribution in [3.8, 4) is 17.4 Å². The number of aromatic nitrogens is 4. The van der Waals surface area contributed by atoms with Gasteiger partial charge in [0.2, 0.25) is 11.9 Å². The minimum absolute atomic E-state index is 0.0841. The molecule has 0 spiro atoms. The van der Waals surface area contributed by atoms with E-state index in [-0.39, 0.29) is 49.8 Å². The number of fused-ring (bicyclic) bond motifs is 1. The van der Waals surface area contributed by atoms with Gasteiger partial charge in [0.05, 0.1) is 6.54 Å². The van der Waals surface area contributed by atoms with Gasteiger partial charge in [0.25, 0.3) is 10.2 Å². The molecule has 1 aromatic carbocycles. The third-order valence-corrected chi connectivity index (χ3v) is 8.30. The van der Waals surface area contributed by atoms with Crippen LogP contribution in [0.1, 0.15) is 0 Å². The van der Waals surface area contributed by atoms with Gasteiger partial charge in [-0.2, -0.15) is 22.0 Å². The second-order valence-electron chi connectivity index (χ2n) is 8.92. The van der Waals surface area contributed by atoms with E-state index in [0.29, 0.717) is 17.3 Å². The van der Waals surface area contributed by atoms with Gasteiger partial charge in [-0.1, -0.05) is 23.7 Å². The van der Waals surface area contributed by atoms with Crippen molar-refractivity contribution in [1.29, 1.82) is 0 Å². The summed E-state index contributed by atoms with van der Waals surface area (Å²) in [6.07, 6.45) is 4.38. The van der Waals surface area contributed by atoms with E-state index < -0.39 is 22.4 Å². The fraction of sp³-hybridized carbons (Fsp3) is 0.391. The number of imidazole rings is 1. The molecular formula is C23H27ClN8O5S. The van der Waals surface area contributed by atoms with E-state index >= 15 is 0 Å². The SMILES string of the molecule is CN(C)S(=O)(=O)N1CCN(c2cc(Cl)nc(-n3ccnc3)n2)C(C(=O)NCC2COc3ccccc3O2)C1. The Morgan fingerprint density at radius 2 is 2.00 bits per heavy atom. The van der Waals surface area contributed by atoms with Gasteiger partial charge in [0.15, 0.2) is 11.5 Å². The Morgan fingerprint density at radius 1 is 1.21 bits per heavy atom. The number of ether oxygens (including phenoxy) is 2. The lowest BCUT2D eigenvalue weighted by Crippen LogP contribution is -2.62. The first-order valence-electron chi connectivity index (χ1n) is 11.9. The number of nitrogens with zero attached hydrogens (tertiary/aromatic N) is 7. The molecule has 2 atom stereocenters. The van der Waals surface area contributed by atoms with Crippen LogP contribution in [0.4, 0.5) is 5.82 Å². The van der Waals surface area contributed by atoms with Crippen LogP contribution in [0.15, 0.2) is 49.1 Å². The predicted octanol–water partition coefficient (Wildman–Crippen LogP) is 0.569. The summed E-state index contributed by atoms with van der Waals surface area (Å²) in [5, 5.41) is 3.07. The molecule has 38 heavy (non-hydrogen) atoms. The number of anilines is 1. The maximum atomic E-state index is 13.5. The molecule has 1 N–H and O–H groups in total. The lowest BCUT2D eigenvalue weighted by atomic mass is 10.1. The molecular weight excluding hydrogens is 536 g/mol. The van der Waals surface area contributed by atoms with Crippen LogP contribution in [0.5, 0.6) is 11.5 Å². The van der Waals surface area contributed by atoms with E-state index in [1.54, 1.807) is 34.0 Å². The Morgan fingerprint density at radius 3 is 2.74 bits per heavy atom. The normalized spacial score (nSPS) is 19.9. The molecule has 1 fully saturated rings. The first kappa shape index (κ1) is 26.2. The number of nitrogens with one attached hydrogen (secondary N) is 1. The smallest absolute Gasteiger partial charge is 0.281 e. The van der Waals surface area contributed by atoms with Gasteiger partial charge in [0.1, 0.15) is 36.1 Å². The van der Waals surface area contributed by atoms with E-state index in [9.17, 15) is 13.2 Å². The summed E-state index contributed by atoms with van der Waals surface area (Å²) in [6, 6.07) is 7.97. The van der Waals surface area contributed by atoms with Crippen LogP contribution in [-0.2, 0) is 15.0 Å².